The third kappa shape index (κ3) is 5.60. The maximum Gasteiger partial charge on any atom is 0.333 e. The molecule has 1 aliphatic heterocycles. The van der Waals surface area contributed by atoms with Crippen LogP contribution in [0.15, 0.2) is 12.2 Å². The van der Waals surface area contributed by atoms with E-state index in [9.17, 15) is 4.79 Å². The lowest BCUT2D eigenvalue weighted by atomic mass is 9.52. The number of unbranched alkanes of at least 4 members (excludes halogenated alkanes) is 5. The third-order valence-electron chi connectivity index (χ3n) is 8.75. The van der Waals surface area contributed by atoms with Gasteiger partial charge in [-0.2, -0.15) is 0 Å². The molecule has 0 aromatic heterocycles. The fraction of sp³-hybridized carbons (Fsp3) is 0.893. The van der Waals surface area contributed by atoms with E-state index in [0.29, 0.717) is 22.8 Å². The molecule has 0 amide bonds. The first-order valence-corrected chi connectivity index (χ1v) is 13.5. The monoisotopic (exact) mass is 446 g/mol. The fourth-order valence-electron chi connectivity index (χ4n) is 7.45. The number of ether oxygens (including phenoxy) is 3. The smallest absolute Gasteiger partial charge is 0.333 e. The van der Waals surface area contributed by atoms with E-state index in [0.717, 1.165) is 58.3 Å². The molecule has 1 heterocycles. The molecule has 182 valence electrons. The minimum absolute atomic E-state index is 0.0463. The van der Waals surface area contributed by atoms with Crippen LogP contribution < -0.4 is 0 Å². The summed E-state index contributed by atoms with van der Waals surface area (Å²) in [6.45, 7) is 10.7. The van der Waals surface area contributed by atoms with Crippen molar-refractivity contribution in [2.24, 2.45) is 17.3 Å². The topological polar surface area (TPSA) is 44.8 Å². The highest BCUT2D eigenvalue weighted by atomic mass is 16.6. The first kappa shape index (κ1) is 24.3. The van der Waals surface area contributed by atoms with Crippen molar-refractivity contribution < 1.29 is 19.0 Å². The highest BCUT2D eigenvalue weighted by molar-refractivity contribution is 5.87. The number of esters is 1. The van der Waals surface area contributed by atoms with Crippen LogP contribution in [-0.2, 0) is 19.0 Å². The van der Waals surface area contributed by atoms with Crippen molar-refractivity contribution in [2.45, 2.75) is 121 Å². The van der Waals surface area contributed by atoms with Gasteiger partial charge in [-0.1, -0.05) is 52.0 Å². The van der Waals surface area contributed by atoms with Gasteiger partial charge in [0.15, 0.2) is 0 Å². The number of hydrogen-bond donors (Lipinski definition) is 0. The van der Waals surface area contributed by atoms with Crippen molar-refractivity contribution in [1.29, 1.82) is 0 Å². The van der Waals surface area contributed by atoms with E-state index < -0.39 is 0 Å². The molecule has 5 aliphatic rings. The van der Waals surface area contributed by atoms with Crippen molar-refractivity contribution in [2.75, 3.05) is 19.8 Å². The summed E-state index contributed by atoms with van der Waals surface area (Å²) in [5.74, 6) is 1.10. The molecular weight excluding hydrogens is 400 g/mol. The van der Waals surface area contributed by atoms with Crippen molar-refractivity contribution in [1.82, 2.24) is 0 Å². The number of hydrogen-bond acceptors (Lipinski definition) is 4. The highest BCUT2D eigenvalue weighted by Crippen LogP contribution is 2.60. The molecule has 4 bridgehead atoms. The van der Waals surface area contributed by atoms with Gasteiger partial charge in [0.2, 0.25) is 0 Å². The van der Waals surface area contributed by atoms with Crippen LogP contribution in [0.25, 0.3) is 0 Å². The summed E-state index contributed by atoms with van der Waals surface area (Å²) >= 11 is 0. The van der Waals surface area contributed by atoms with Crippen molar-refractivity contribution in [3.05, 3.63) is 12.2 Å². The maximum absolute atomic E-state index is 12.3. The van der Waals surface area contributed by atoms with Gasteiger partial charge in [0.05, 0.1) is 18.8 Å². The molecule has 2 unspecified atom stereocenters. The second-order valence-electron chi connectivity index (χ2n) is 12.0. The molecule has 0 aromatic carbocycles. The zero-order chi connectivity index (χ0) is 22.7. The predicted molar refractivity (Wildman–Crippen MR) is 127 cm³/mol. The van der Waals surface area contributed by atoms with Crippen LogP contribution in [0, 0.1) is 17.3 Å². The fourth-order valence-corrected chi connectivity index (χ4v) is 7.45. The van der Waals surface area contributed by atoms with Gasteiger partial charge in [-0.15, -0.1) is 0 Å². The lowest BCUT2D eigenvalue weighted by Gasteiger charge is -2.60. The average molecular weight is 447 g/mol. The third-order valence-corrected chi connectivity index (χ3v) is 8.75. The van der Waals surface area contributed by atoms with Crippen LogP contribution in [0.3, 0.4) is 0 Å². The summed E-state index contributed by atoms with van der Waals surface area (Å²) in [6, 6.07) is 0. The SMILES string of the molecule is C=C(C)C(=O)OC12CC3CC(CC(OCCCCCCCC4(CCCC)COC4)(C3)C1)C2. The number of rotatable bonds is 14. The maximum atomic E-state index is 12.3. The van der Waals surface area contributed by atoms with Crippen molar-refractivity contribution in [3.8, 4) is 0 Å². The Balaban J connectivity index is 1.15. The van der Waals surface area contributed by atoms with Gasteiger partial charge in [-0.05, 0) is 70.1 Å². The zero-order valence-electron chi connectivity index (χ0n) is 20.7. The molecular formula is C28H46O4. The Morgan fingerprint density at radius 1 is 0.938 bits per heavy atom. The second kappa shape index (κ2) is 10.2. The molecule has 4 heteroatoms. The van der Waals surface area contributed by atoms with Gasteiger partial charge in [0.1, 0.15) is 5.60 Å². The molecule has 0 N–H and O–H groups in total. The molecule has 1 saturated heterocycles. The van der Waals surface area contributed by atoms with Gasteiger partial charge in [0, 0.05) is 24.0 Å². The van der Waals surface area contributed by atoms with E-state index in [4.69, 9.17) is 14.2 Å². The Labute approximate surface area is 195 Å². The standard InChI is InChI=1S/C28H46O4/c1-4-5-11-26(20-30-21-26)12-9-7-6-8-10-13-31-27-15-23-14-24(16-27)18-28(17-23,19-27)32-25(29)22(2)3/h23-24H,2,4-21H2,1,3H3. The normalized spacial score (nSPS) is 34.3. The van der Waals surface area contributed by atoms with Crippen LogP contribution >= 0.6 is 0 Å². The Bertz CT molecular complexity index is 650. The molecule has 4 saturated carbocycles. The predicted octanol–water partition coefficient (Wildman–Crippen LogP) is 6.76. The Kier molecular flexibility index (Phi) is 7.71. The van der Waals surface area contributed by atoms with E-state index >= 15 is 0 Å². The molecule has 4 aliphatic carbocycles. The first-order chi connectivity index (χ1) is 15.4. The van der Waals surface area contributed by atoms with E-state index in [-0.39, 0.29) is 17.2 Å². The van der Waals surface area contributed by atoms with Crippen molar-refractivity contribution >= 4 is 5.97 Å². The van der Waals surface area contributed by atoms with Crippen LogP contribution in [0.1, 0.15) is 110 Å². The molecule has 2 atom stereocenters. The molecule has 0 radical (unpaired) electrons. The summed E-state index contributed by atoms with van der Waals surface area (Å²) < 4.78 is 18.2. The molecule has 0 spiro atoms. The Morgan fingerprint density at radius 3 is 2.19 bits per heavy atom. The lowest BCUT2D eigenvalue weighted by Crippen LogP contribution is -2.61. The van der Waals surface area contributed by atoms with Crippen LogP contribution in [0.2, 0.25) is 0 Å². The molecule has 5 fully saturated rings. The van der Waals surface area contributed by atoms with Gasteiger partial charge in [-0.25, -0.2) is 4.79 Å². The molecule has 32 heavy (non-hydrogen) atoms. The molecule has 4 nitrogen and oxygen atoms in total. The average Bonchev–Trinajstić information content (AvgIpc) is 2.69. The second-order valence-corrected chi connectivity index (χ2v) is 12.0. The van der Waals surface area contributed by atoms with E-state index in [1.54, 1.807) is 6.92 Å². The quantitative estimate of drug-likeness (QED) is 0.168. The first-order valence-electron chi connectivity index (χ1n) is 13.5. The molecule has 5 rings (SSSR count). The Hall–Kier alpha value is -0.870. The largest absolute Gasteiger partial charge is 0.456 e. The summed E-state index contributed by atoms with van der Waals surface area (Å²) in [4.78, 5) is 12.3. The van der Waals surface area contributed by atoms with Crippen molar-refractivity contribution in [3.63, 3.8) is 0 Å². The van der Waals surface area contributed by atoms with Crippen LogP contribution in [-0.4, -0.2) is 37.0 Å². The summed E-state index contributed by atoms with van der Waals surface area (Å²) in [5.41, 5.74) is 0.687. The summed E-state index contributed by atoms with van der Waals surface area (Å²) in [5, 5.41) is 0. The van der Waals surface area contributed by atoms with Crippen LogP contribution in [0.4, 0.5) is 0 Å². The number of carbonyl (C=O) groups excluding carboxylic acids is 1. The van der Waals surface area contributed by atoms with Gasteiger partial charge in [-0.3, -0.25) is 0 Å². The van der Waals surface area contributed by atoms with Gasteiger partial charge in [0.25, 0.3) is 0 Å². The minimum atomic E-state index is -0.293. The highest BCUT2D eigenvalue weighted by Gasteiger charge is 2.60. The minimum Gasteiger partial charge on any atom is -0.456 e. The number of carbonyl (C=O) groups is 1. The zero-order valence-corrected chi connectivity index (χ0v) is 20.7. The van der Waals surface area contributed by atoms with E-state index in [1.165, 1.54) is 57.8 Å². The lowest BCUT2D eigenvalue weighted by molar-refractivity contribution is -0.232. The van der Waals surface area contributed by atoms with Gasteiger partial charge < -0.3 is 14.2 Å². The van der Waals surface area contributed by atoms with E-state index in [2.05, 4.69) is 13.5 Å². The summed E-state index contributed by atoms with van der Waals surface area (Å²) in [6.07, 6.45) is 18.3. The van der Waals surface area contributed by atoms with Gasteiger partial charge >= 0.3 is 5.97 Å². The summed E-state index contributed by atoms with van der Waals surface area (Å²) in [7, 11) is 0. The molecule has 0 aromatic rings. The Morgan fingerprint density at radius 2 is 1.56 bits per heavy atom. The van der Waals surface area contributed by atoms with E-state index in [1.807, 2.05) is 0 Å². The van der Waals surface area contributed by atoms with Crippen LogP contribution in [0.5, 0.6) is 0 Å².